The van der Waals surface area contributed by atoms with Crippen molar-refractivity contribution in [2.45, 2.75) is 13.5 Å². The minimum Gasteiger partial charge on any atom is -0.489 e. The SMILES string of the molecule is Cc1nsc(N2CCN(C(=O)c3ccc(OCc4ccccc4)cc3)CC2)n1. The van der Waals surface area contributed by atoms with Crippen LogP contribution in [0.3, 0.4) is 0 Å². The van der Waals surface area contributed by atoms with E-state index in [0.717, 1.165) is 35.4 Å². The number of aryl methyl sites for hydroxylation is 1. The Balaban J connectivity index is 1.31. The first kappa shape index (κ1) is 18.4. The maximum atomic E-state index is 12.8. The summed E-state index contributed by atoms with van der Waals surface area (Å²) in [7, 11) is 0. The molecular formula is C21H22N4O2S. The first-order valence-electron chi connectivity index (χ1n) is 9.30. The van der Waals surface area contributed by atoms with Gasteiger partial charge in [0, 0.05) is 43.3 Å². The minimum atomic E-state index is 0.0581. The maximum Gasteiger partial charge on any atom is 0.253 e. The van der Waals surface area contributed by atoms with Crippen molar-refractivity contribution in [2.75, 3.05) is 31.1 Å². The average Bonchev–Trinajstić information content (AvgIpc) is 3.19. The van der Waals surface area contributed by atoms with Gasteiger partial charge in [-0.2, -0.15) is 4.37 Å². The van der Waals surface area contributed by atoms with Crippen molar-refractivity contribution < 1.29 is 9.53 Å². The van der Waals surface area contributed by atoms with Gasteiger partial charge in [0.15, 0.2) is 0 Å². The molecule has 0 radical (unpaired) electrons. The van der Waals surface area contributed by atoms with Crippen molar-refractivity contribution in [3.63, 3.8) is 0 Å². The number of piperazine rings is 1. The Morgan fingerprint density at radius 3 is 2.39 bits per heavy atom. The van der Waals surface area contributed by atoms with E-state index in [1.165, 1.54) is 11.5 Å². The van der Waals surface area contributed by atoms with E-state index in [0.29, 0.717) is 25.3 Å². The van der Waals surface area contributed by atoms with E-state index < -0.39 is 0 Å². The Kier molecular flexibility index (Phi) is 5.53. The van der Waals surface area contributed by atoms with Crippen molar-refractivity contribution in [3.8, 4) is 5.75 Å². The molecule has 1 amide bonds. The first-order valence-corrected chi connectivity index (χ1v) is 10.1. The van der Waals surface area contributed by atoms with Gasteiger partial charge in [0.2, 0.25) is 5.13 Å². The van der Waals surface area contributed by atoms with E-state index in [4.69, 9.17) is 4.74 Å². The second-order valence-electron chi connectivity index (χ2n) is 6.70. The van der Waals surface area contributed by atoms with Crippen LogP contribution in [0.4, 0.5) is 5.13 Å². The number of hydrogen-bond donors (Lipinski definition) is 0. The molecule has 0 N–H and O–H groups in total. The predicted octanol–water partition coefficient (Wildman–Crippen LogP) is 3.39. The summed E-state index contributed by atoms with van der Waals surface area (Å²) in [5.74, 6) is 1.62. The summed E-state index contributed by atoms with van der Waals surface area (Å²) in [6, 6.07) is 17.4. The van der Waals surface area contributed by atoms with Crippen LogP contribution in [-0.4, -0.2) is 46.3 Å². The van der Waals surface area contributed by atoms with E-state index in [2.05, 4.69) is 14.3 Å². The zero-order valence-corrected chi connectivity index (χ0v) is 16.6. The number of aromatic nitrogens is 2. The molecule has 7 heteroatoms. The van der Waals surface area contributed by atoms with Crippen LogP contribution in [-0.2, 0) is 6.61 Å². The summed E-state index contributed by atoms with van der Waals surface area (Å²) in [5, 5.41) is 0.935. The Morgan fingerprint density at radius 1 is 1.04 bits per heavy atom. The molecular weight excluding hydrogens is 372 g/mol. The van der Waals surface area contributed by atoms with Crippen LogP contribution in [0.25, 0.3) is 0 Å². The molecule has 0 bridgehead atoms. The standard InChI is InChI=1S/C21H22N4O2S/c1-16-22-21(28-23-16)25-13-11-24(12-14-25)20(26)18-7-9-19(10-8-18)27-15-17-5-3-2-4-6-17/h2-10H,11-15H2,1H3. The van der Waals surface area contributed by atoms with Gasteiger partial charge in [0.05, 0.1) is 0 Å². The summed E-state index contributed by atoms with van der Waals surface area (Å²) in [4.78, 5) is 21.3. The molecule has 0 atom stereocenters. The number of anilines is 1. The highest BCUT2D eigenvalue weighted by Gasteiger charge is 2.23. The van der Waals surface area contributed by atoms with Gasteiger partial charge >= 0.3 is 0 Å². The number of hydrogen-bond acceptors (Lipinski definition) is 6. The van der Waals surface area contributed by atoms with Crippen molar-refractivity contribution in [1.29, 1.82) is 0 Å². The molecule has 1 aromatic heterocycles. The largest absolute Gasteiger partial charge is 0.489 e. The molecule has 0 aliphatic carbocycles. The number of ether oxygens (including phenoxy) is 1. The lowest BCUT2D eigenvalue weighted by molar-refractivity contribution is 0.0746. The van der Waals surface area contributed by atoms with Crippen LogP contribution in [0, 0.1) is 6.92 Å². The molecule has 6 nitrogen and oxygen atoms in total. The smallest absolute Gasteiger partial charge is 0.253 e. The van der Waals surface area contributed by atoms with Gasteiger partial charge in [-0.3, -0.25) is 4.79 Å². The molecule has 2 heterocycles. The van der Waals surface area contributed by atoms with Gasteiger partial charge in [-0.25, -0.2) is 4.98 Å². The topological polar surface area (TPSA) is 58.6 Å². The summed E-state index contributed by atoms with van der Waals surface area (Å²) < 4.78 is 10.0. The normalized spacial score (nSPS) is 14.2. The second kappa shape index (κ2) is 8.39. The van der Waals surface area contributed by atoms with E-state index in [-0.39, 0.29) is 5.91 Å². The zero-order chi connectivity index (χ0) is 19.3. The van der Waals surface area contributed by atoms with Crippen molar-refractivity contribution in [2.24, 2.45) is 0 Å². The number of benzene rings is 2. The minimum absolute atomic E-state index is 0.0581. The molecule has 1 saturated heterocycles. The molecule has 1 aliphatic rings. The van der Waals surface area contributed by atoms with Gasteiger partial charge in [-0.15, -0.1) is 0 Å². The van der Waals surface area contributed by atoms with Gasteiger partial charge in [-0.1, -0.05) is 30.3 Å². The maximum absolute atomic E-state index is 12.8. The lowest BCUT2D eigenvalue weighted by Gasteiger charge is -2.34. The van der Waals surface area contributed by atoms with Gasteiger partial charge in [0.25, 0.3) is 5.91 Å². The van der Waals surface area contributed by atoms with Gasteiger partial charge in [-0.05, 0) is 36.8 Å². The van der Waals surface area contributed by atoms with E-state index in [9.17, 15) is 4.79 Å². The Labute approximate surface area is 168 Å². The van der Waals surface area contributed by atoms with Crippen LogP contribution in [0.1, 0.15) is 21.7 Å². The molecule has 3 aromatic rings. The monoisotopic (exact) mass is 394 g/mol. The van der Waals surface area contributed by atoms with Crippen molar-refractivity contribution in [1.82, 2.24) is 14.3 Å². The lowest BCUT2D eigenvalue weighted by atomic mass is 10.1. The molecule has 0 spiro atoms. The highest BCUT2D eigenvalue weighted by molar-refractivity contribution is 7.09. The fourth-order valence-electron chi connectivity index (χ4n) is 3.13. The molecule has 1 aliphatic heterocycles. The van der Waals surface area contributed by atoms with Gasteiger partial charge in [0.1, 0.15) is 18.2 Å². The Morgan fingerprint density at radius 2 is 1.75 bits per heavy atom. The van der Waals surface area contributed by atoms with Crippen LogP contribution in [0.5, 0.6) is 5.75 Å². The molecule has 0 saturated carbocycles. The quantitative estimate of drug-likeness (QED) is 0.664. The fraction of sp³-hybridized carbons (Fsp3) is 0.286. The third kappa shape index (κ3) is 4.31. The summed E-state index contributed by atoms with van der Waals surface area (Å²) in [6.45, 7) is 5.33. The number of nitrogens with zero attached hydrogens (tertiary/aromatic N) is 4. The predicted molar refractivity (Wildman–Crippen MR) is 110 cm³/mol. The van der Waals surface area contributed by atoms with Crippen molar-refractivity contribution in [3.05, 3.63) is 71.5 Å². The number of rotatable bonds is 5. The van der Waals surface area contributed by atoms with E-state index in [1.54, 1.807) is 0 Å². The third-order valence-corrected chi connectivity index (χ3v) is 5.57. The zero-order valence-electron chi connectivity index (χ0n) is 15.7. The van der Waals surface area contributed by atoms with E-state index >= 15 is 0 Å². The number of carbonyl (C=O) groups excluding carboxylic acids is 1. The van der Waals surface area contributed by atoms with Crippen LogP contribution in [0.2, 0.25) is 0 Å². The highest BCUT2D eigenvalue weighted by Crippen LogP contribution is 2.20. The molecule has 144 valence electrons. The molecule has 28 heavy (non-hydrogen) atoms. The molecule has 1 fully saturated rings. The third-order valence-electron chi connectivity index (χ3n) is 4.70. The molecule has 4 rings (SSSR count). The van der Waals surface area contributed by atoms with Crippen LogP contribution < -0.4 is 9.64 Å². The van der Waals surface area contributed by atoms with Crippen molar-refractivity contribution >= 4 is 22.6 Å². The Bertz CT molecular complexity index is 919. The first-order chi connectivity index (χ1) is 13.7. The lowest BCUT2D eigenvalue weighted by Crippen LogP contribution is -2.48. The van der Waals surface area contributed by atoms with E-state index in [1.807, 2.05) is 66.4 Å². The van der Waals surface area contributed by atoms with Crippen LogP contribution >= 0.6 is 11.5 Å². The van der Waals surface area contributed by atoms with Gasteiger partial charge < -0.3 is 14.5 Å². The summed E-state index contributed by atoms with van der Waals surface area (Å²) in [6.07, 6.45) is 0. The highest BCUT2D eigenvalue weighted by atomic mass is 32.1. The summed E-state index contributed by atoms with van der Waals surface area (Å²) >= 11 is 1.41. The fourth-order valence-corrected chi connectivity index (χ4v) is 3.86. The van der Waals surface area contributed by atoms with Crippen LogP contribution in [0.15, 0.2) is 54.6 Å². The number of carbonyl (C=O) groups is 1. The molecule has 0 unspecified atom stereocenters. The second-order valence-corrected chi connectivity index (χ2v) is 7.43. The Hall–Kier alpha value is -2.93. The summed E-state index contributed by atoms with van der Waals surface area (Å²) in [5.41, 5.74) is 1.80. The molecule has 2 aromatic carbocycles. The average molecular weight is 395 g/mol. The number of amides is 1.